The van der Waals surface area contributed by atoms with Crippen LogP contribution in [0, 0.1) is 0 Å². The van der Waals surface area contributed by atoms with Crippen molar-refractivity contribution in [1.29, 1.82) is 0 Å². The summed E-state index contributed by atoms with van der Waals surface area (Å²) in [7, 11) is 0. The van der Waals surface area contributed by atoms with E-state index in [2.05, 4.69) is 12.2 Å². The Morgan fingerprint density at radius 2 is 1.90 bits per heavy atom. The van der Waals surface area contributed by atoms with E-state index in [0.29, 0.717) is 13.2 Å². The smallest absolute Gasteiger partial charge is 0.250 e. The molecule has 0 saturated heterocycles. The number of rotatable bonds is 7. The Balaban J connectivity index is 2.18. The number of benzene rings is 1. The molecule has 1 atom stereocenters. The van der Waals surface area contributed by atoms with Gasteiger partial charge in [0, 0.05) is 18.8 Å². The molecule has 1 N–H and O–H groups in total. The Bertz CT molecular complexity index is 605. The van der Waals surface area contributed by atoms with E-state index in [1.165, 1.54) is 0 Å². The summed E-state index contributed by atoms with van der Waals surface area (Å²) in [5.41, 5.74) is 1.17. The maximum Gasteiger partial charge on any atom is 0.250 e. The van der Waals surface area contributed by atoms with E-state index in [-0.39, 0.29) is 11.6 Å². The molecule has 21 heavy (non-hydrogen) atoms. The number of nitrogens with one attached hydrogen (secondary N) is 1. The van der Waals surface area contributed by atoms with Gasteiger partial charge < -0.3 is 14.6 Å². The molecule has 1 aromatic carbocycles. The van der Waals surface area contributed by atoms with Crippen LogP contribution in [-0.2, 0) is 6.54 Å². The van der Waals surface area contributed by atoms with Crippen LogP contribution in [-0.4, -0.2) is 17.7 Å². The second-order valence-electron chi connectivity index (χ2n) is 4.80. The van der Waals surface area contributed by atoms with Crippen molar-refractivity contribution in [2.45, 2.75) is 26.4 Å². The third-order valence-corrected chi connectivity index (χ3v) is 3.32. The van der Waals surface area contributed by atoms with Gasteiger partial charge in [0.1, 0.15) is 5.75 Å². The zero-order valence-corrected chi connectivity index (χ0v) is 12.6. The van der Waals surface area contributed by atoms with E-state index in [1.807, 2.05) is 43.5 Å². The Morgan fingerprint density at radius 1 is 1.14 bits per heavy atom. The fraction of sp³-hybridized carbons (Fsp3) is 0.353. The van der Waals surface area contributed by atoms with Crippen LogP contribution in [0.5, 0.6) is 5.75 Å². The Kier molecular flexibility index (Phi) is 5.58. The van der Waals surface area contributed by atoms with Gasteiger partial charge in [-0.3, -0.25) is 4.79 Å². The van der Waals surface area contributed by atoms with Crippen molar-refractivity contribution in [3.05, 3.63) is 64.6 Å². The lowest BCUT2D eigenvalue weighted by molar-refractivity contribution is 0.340. The average Bonchev–Trinajstić information content (AvgIpc) is 2.50. The van der Waals surface area contributed by atoms with Gasteiger partial charge in [0.15, 0.2) is 0 Å². The third kappa shape index (κ3) is 4.20. The van der Waals surface area contributed by atoms with Gasteiger partial charge in [-0.1, -0.05) is 25.1 Å². The van der Waals surface area contributed by atoms with Crippen molar-refractivity contribution < 1.29 is 4.74 Å². The molecule has 0 aliphatic heterocycles. The van der Waals surface area contributed by atoms with Gasteiger partial charge in [-0.05, 0) is 37.2 Å². The Labute approximate surface area is 125 Å². The quantitative estimate of drug-likeness (QED) is 0.851. The van der Waals surface area contributed by atoms with E-state index >= 15 is 0 Å². The number of pyridine rings is 1. The zero-order chi connectivity index (χ0) is 15.1. The summed E-state index contributed by atoms with van der Waals surface area (Å²) in [6.45, 7) is 6.16. The molecule has 0 saturated carbocycles. The van der Waals surface area contributed by atoms with E-state index in [1.54, 1.807) is 16.7 Å². The van der Waals surface area contributed by atoms with Crippen LogP contribution in [0.25, 0.3) is 0 Å². The molecule has 112 valence electrons. The second kappa shape index (κ2) is 7.64. The van der Waals surface area contributed by atoms with Crippen LogP contribution < -0.4 is 15.6 Å². The molecule has 0 spiro atoms. The summed E-state index contributed by atoms with van der Waals surface area (Å²) in [6.07, 6.45) is 1.82. The van der Waals surface area contributed by atoms with Crippen LogP contribution >= 0.6 is 0 Å². The number of likely N-dealkylation sites (N-methyl/N-ethyl adjacent to an activating group) is 1. The molecule has 0 aliphatic carbocycles. The van der Waals surface area contributed by atoms with Crippen LogP contribution in [0.4, 0.5) is 0 Å². The first-order valence-corrected chi connectivity index (χ1v) is 7.36. The van der Waals surface area contributed by atoms with Crippen molar-refractivity contribution in [1.82, 2.24) is 9.88 Å². The molecule has 1 aromatic heterocycles. The number of hydrogen-bond donors (Lipinski definition) is 1. The lowest BCUT2D eigenvalue weighted by Crippen LogP contribution is -2.29. The van der Waals surface area contributed by atoms with Gasteiger partial charge >= 0.3 is 0 Å². The van der Waals surface area contributed by atoms with Gasteiger partial charge in [-0.25, -0.2) is 0 Å². The minimum Gasteiger partial charge on any atom is -0.494 e. The summed E-state index contributed by atoms with van der Waals surface area (Å²) in [5, 5.41) is 3.43. The average molecular weight is 286 g/mol. The predicted molar refractivity (Wildman–Crippen MR) is 84.7 cm³/mol. The van der Waals surface area contributed by atoms with Gasteiger partial charge in [0.05, 0.1) is 12.6 Å². The third-order valence-electron chi connectivity index (χ3n) is 3.32. The highest BCUT2D eigenvalue weighted by molar-refractivity contribution is 5.29. The molecule has 4 heteroatoms. The summed E-state index contributed by atoms with van der Waals surface area (Å²) in [6, 6.07) is 13.4. The van der Waals surface area contributed by atoms with Crippen LogP contribution in [0.15, 0.2) is 53.5 Å². The molecular formula is C17H22N2O2. The lowest BCUT2D eigenvalue weighted by atomic mass is 10.1. The SMILES string of the molecule is CCNC(Cn1ccccc1=O)c1ccc(OCC)cc1. The maximum atomic E-state index is 11.8. The van der Waals surface area contributed by atoms with Crippen molar-refractivity contribution in [3.63, 3.8) is 0 Å². The van der Waals surface area contributed by atoms with Crippen LogP contribution in [0.3, 0.4) is 0 Å². The fourth-order valence-corrected chi connectivity index (χ4v) is 2.31. The Hall–Kier alpha value is -2.07. The highest BCUT2D eigenvalue weighted by Gasteiger charge is 2.11. The molecular weight excluding hydrogens is 264 g/mol. The summed E-state index contributed by atoms with van der Waals surface area (Å²) in [4.78, 5) is 11.8. The van der Waals surface area contributed by atoms with E-state index < -0.39 is 0 Å². The molecule has 4 nitrogen and oxygen atoms in total. The fourth-order valence-electron chi connectivity index (χ4n) is 2.31. The molecule has 0 fully saturated rings. The Morgan fingerprint density at radius 3 is 2.52 bits per heavy atom. The topological polar surface area (TPSA) is 43.3 Å². The molecule has 0 radical (unpaired) electrons. The number of hydrogen-bond acceptors (Lipinski definition) is 3. The number of nitrogens with zero attached hydrogens (tertiary/aromatic N) is 1. The lowest BCUT2D eigenvalue weighted by Gasteiger charge is -2.20. The van der Waals surface area contributed by atoms with Crippen LogP contribution in [0.1, 0.15) is 25.5 Å². The first-order valence-electron chi connectivity index (χ1n) is 7.36. The molecule has 0 amide bonds. The highest BCUT2D eigenvalue weighted by Crippen LogP contribution is 2.19. The normalized spacial score (nSPS) is 12.1. The van der Waals surface area contributed by atoms with Crippen LogP contribution in [0.2, 0.25) is 0 Å². The zero-order valence-electron chi connectivity index (χ0n) is 12.6. The summed E-state index contributed by atoms with van der Waals surface area (Å²) < 4.78 is 7.19. The summed E-state index contributed by atoms with van der Waals surface area (Å²) >= 11 is 0. The predicted octanol–water partition coefficient (Wildman–Crippen LogP) is 2.60. The van der Waals surface area contributed by atoms with Crippen molar-refractivity contribution >= 4 is 0 Å². The first-order chi connectivity index (χ1) is 10.2. The monoisotopic (exact) mass is 286 g/mol. The minimum absolute atomic E-state index is 0.0198. The van der Waals surface area contributed by atoms with Crippen molar-refractivity contribution in [2.24, 2.45) is 0 Å². The van der Waals surface area contributed by atoms with Gasteiger partial charge in [-0.2, -0.15) is 0 Å². The molecule has 0 aliphatic rings. The van der Waals surface area contributed by atoms with E-state index in [9.17, 15) is 4.79 Å². The van der Waals surface area contributed by atoms with E-state index in [0.717, 1.165) is 17.9 Å². The molecule has 0 bridgehead atoms. The summed E-state index contributed by atoms with van der Waals surface area (Å²) in [5.74, 6) is 0.869. The maximum absolute atomic E-state index is 11.8. The highest BCUT2D eigenvalue weighted by atomic mass is 16.5. The van der Waals surface area contributed by atoms with E-state index in [4.69, 9.17) is 4.74 Å². The molecule has 1 unspecified atom stereocenters. The molecule has 2 aromatic rings. The first kappa shape index (κ1) is 15.3. The van der Waals surface area contributed by atoms with Gasteiger partial charge in [0.25, 0.3) is 5.56 Å². The van der Waals surface area contributed by atoms with Crippen molar-refractivity contribution in [3.8, 4) is 5.75 Å². The molecule has 2 rings (SSSR count). The van der Waals surface area contributed by atoms with Gasteiger partial charge in [-0.15, -0.1) is 0 Å². The number of ether oxygens (including phenoxy) is 1. The number of aromatic nitrogens is 1. The van der Waals surface area contributed by atoms with Gasteiger partial charge in [0.2, 0.25) is 0 Å². The standard InChI is InChI=1S/C17H22N2O2/c1-3-18-16(13-19-12-6-5-7-17(19)20)14-8-10-15(11-9-14)21-4-2/h5-12,16,18H,3-4,13H2,1-2H3. The largest absolute Gasteiger partial charge is 0.494 e. The second-order valence-corrected chi connectivity index (χ2v) is 4.80. The van der Waals surface area contributed by atoms with Crippen molar-refractivity contribution in [2.75, 3.05) is 13.2 Å². The molecule has 1 heterocycles. The minimum atomic E-state index is 0.0198.